The fourth-order valence-corrected chi connectivity index (χ4v) is 1.73. The van der Waals surface area contributed by atoms with Gasteiger partial charge in [-0.3, -0.25) is 4.72 Å². The normalized spacial score (nSPS) is 11.4. The van der Waals surface area contributed by atoms with Crippen molar-refractivity contribution < 1.29 is 12.8 Å². The third-order valence-corrected chi connectivity index (χ3v) is 3.29. The Morgan fingerprint density at radius 3 is 2.64 bits per heavy atom. The number of hydrogen-bond donors (Lipinski definition) is 1. The van der Waals surface area contributed by atoms with Gasteiger partial charge < -0.3 is 0 Å². The number of anilines is 1. The molecule has 0 amide bonds. The van der Waals surface area contributed by atoms with E-state index >= 15 is 0 Å². The highest BCUT2D eigenvalue weighted by molar-refractivity contribution is 7.93. The maximum atomic E-state index is 13.1. The number of nitrogens with one attached hydrogen (secondary N) is 1. The molecule has 0 fully saturated rings. The number of hydrogen-bond acceptors (Lipinski definition) is 2. The van der Waals surface area contributed by atoms with Crippen LogP contribution in [0.5, 0.6) is 0 Å². The fraction of sp³-hybridized carbons (Fsp3) is 0.250. The average Bonchev–Trinajstić information content (AvgIpc) is 2.12. The molecule has 78 valence electrons. The predicted octanol–water partition coefficient (Wildman–Crippen LogP) is 2.07. The van der Waals surface area contributed by atoms with Gasteiger partial charge in [0.15, 0.2) is 0 Å². The molecule has 1 N–H and O–H groups in total. The van der Waals surface area contributed by atoms with Crippen LogP contribution in [0.4, 0.5) is 10.1 Å². The summed E-state index contributed by atoms with van der Waals surface area (Å²) in [6.45, 7) is 1.61. The first-order valence-corrected chi connectivity index (χ1v) is 5.96. The quantitative estimate of drug-likeness (QED) is 0.818. The van der Waals surface area contributed by atoms with Gasteiger partial charge in [0.05, 0.1) is 5.69 Å². The summed E-state index contributed by atoms with van der Waals surface area (Å²) in [5, 5.41) is -0.596. The van der Waals surface area contributed by atoms with Crippen LogP contribution in [0, 0.1) is 12.7 Å². The third kappa shape index (κ3) is 2.59. The van der Waals surface area contributed by atoms with Gasteiger partial charge in [0.2, 0.25) is 10.0 Å². The highest BCUT2D eigenvalue weighted by Crippen LogP contribution is 2.20. The largest absolute Gasteiger partial charge is 0.279 e. The third-order valence-electron chi connectivity index (χ3n) is 1.62. The van der Waals surface area contributed by atoms with E-state index in [1.165, 1.54) is 12.1 Å². The number of rotatable bonds is 3. The van der Waals surface area contributed by atoms with E-state index in [0.29, 0.717) is 5.56 Å². The van der Waals surface area contributed by atoms with Crippen LogP contribution in [0.3, 0.4) is 0 Å². The van der Waals surface area contributed by atoms with Crippen molar-refractivity contribution in [2.45, 2.75) is 6.92 Å². The number of halogens is 2. The first-order valence-electron chi connectivity index (χ1n) is 3.78. The minimum absolute atomic E-state index is 0.0480. The zero-order valence-electron chi connectivity index (χ0n) is 7.42. The van der Waals surface area contributed by atoms with Crippen LogP contribution in [0.15, 0.2) is 18.2 Å². The molecule has 0 radical (unpaired) electrons. The van der Waals surface area contributed by atoms with Crippen LogP contribution in [-0.4, -0.2) is 13.6 Å². The van der Waals surface area contributed by atoms with Gasteiger partial charge in [0.25, 0.3) is 0 Å². The Morgan fingerprint density at radius 2 is 2.14 bits per heavy atom. The van der Waals surface area contributed by atoms with Crippen molar-refractivity contribution >= 4 is 27.3 Å². The summed E-state index contributed by atoms with van der Waals surface area (Å²) in [5.74, 6) is -0.612. The first kappa shape index (κ1) is 11.3. The molecular formula is C8H9ClFNO2S. The van der Waals surface area contributed by atoms with E-state index in [2.05, 4.69) is 4.72 Å². The van der Waals surface area contributed by atoms with Crippen molar-refractivity contribution in [2.24, 2.45) is 0 Å². The summed E-state index contributed by atoms with van der Waals surface area (Å²) in [4.78, 5) is 0. The maximum absolute atomic E-state index is 13.1. The lowest BCUT2D eigenvalue weighted by molar-refractivity contribution is 0.602. The molecule has 0 saturated heterocycles. The monoisotopic (exact) mass is 237 g/mol. The van der Waals surface area contributed by atoms with Gasteiger partial charge in [-0.2, -0.15) is 0 Å². The molecule has 0 aliphatic rings. The molecule has 14 heavy (non-hydrogen) atoms. The van der Waals surface area contributed by atoms with Crippen LogP contribution < -0.4 is 4.72 Å². The Balaban J connectivity index is 3.09. The number of aryl methyl sites for hydroxylation is 1. The Bertz CT molecular complexity index is 413. The Kier molecular flexibility index (Phi) is 3.34. The molecule has 0 saturated carbocycles. The van der Waals surface area contributed by atoms with E-state index in [1.54, 1.807) is 13.0 Å². The predicted molar refractivity (Wildman–Crippen MR) is 54.4 cm³/mol. The lowest BCUT2D eigenvalue weighted by Crippen LogP contribution is -2.15. The second kappa shape index (κ2) is 4.14. The van der Waals surface area contributed by atoms with Gasteiger partial charge in [-0.05, 0) is 18.6 Å². The lowest BCUT2D eigenvalue weighted by Gasteiger charge is -2.08. The van der Waals surface area contributed by atoms with E-state index < -0.39 is 21.1 Å². The molecule has 0 heterocycles. The molecule has 1 rings (SSSR count). The molecule has 0 aliphatic heterocycles. The summed E-state index contributed by atoms with van der Waals surface area (Å²) in [7, 11) is -3.64. The molecule has 0 spiro atoms. The van der Waals surface area contributed by atoms with E-state index in [-0.39, 0.29) is 5.69 Å². The molecule has 0 unspecified atom stereocenters. The Morgan fingerprint density at radius 1 is 1.50 bits per heavy atom. The molecule has 0 aliphatic carbocycles. The zero-order valence-corrected chi connectivity index (χ0v) is 8.99. The van der Waals surface area contributed by atoms with E-state index in [0.717, 1.165) is 0 Å². The molecule has 6 heteroatoms. The van der Waals surface area contributed by atoms with Crippen molar-refractivity contribution in [3.63, 3.8) is 0 Å². The minimum atomic E-state index is -3.64. The van der Waals surface area contributed by atoms with Crippen LogP contribution in [0.2, 0.25) is 0 Å². The van der Waals surface area contributed by atoms with Gasteiger partial charge in [0, 0.05) is 0 Å². The maximum Gasteiger partial charge on any atom is 0.246 e. The first-order chi connectivity index (χ1) is 6.46. The van der Waals surface area contributed by atoms with E-state index in [4.69, 9.17) is 11.6 Å². The lowest BCUT2D eigenvalue weighted by atomic mass is 10.2. The van der Waals surface area contributed by atoms with E-state index in [1.807, 2.05) is 0 Å². The second-order valence-corrected chi connectivity index (χ2v) is 5.06. The molecule has 0 bridgehead atoms. The smallest absolute Gasteiger partial charge is 0.246 e. The van der Waals surface area contributed by atoms with Gasteiger partial charge in [-0.1, -0.05) is 12.1 Å². The summed E-state index contributed by atoms with van der Waals surface area (Å²) in [6, 6.07) is 4.29. The number of para-hydroxylation sites is 1. The SMILES string of the molecule is Cc1cccc(F)c1NS(=O)(=O)CCl. The summed E-state index contributed by atoms with van der Waals surface area (Å²) < 4.78 is 37.3. The Hall–Kier alpha value is -0.810. The summed E-state index contributed by atoms with van der Waals surface area (Å²) in [5.41, 5.74) is 0.465. The molecule has 1 aromatic rings. The van der Waals surface area contributed by atoms with Crippen molar-refractivity contribution in [3.8, 4) is 0 Å². The fourth-order valence-electron chi connectivity index (χ4n) is 0.944. The number of alkyl halides is 1. The molecule has 0 atom stereocenters. The van der Waals surface area contributed by atoms with Crippen LogP contribution in [-0.2, 0) is 10.0 Å². The van der Waals surface area contributed by atoms with Crippen molar-refractivity contribution in [1.29, 1.82) is 0 Å². The zero-order chi connectivity index (χ0) is 10.8. The van der Waals surface area contributed by atoms with Crippen molar-refractivity contribution in [1.82, 2.24) is 0 Å². The molecule has 0 aromatic heterocycles. The molecular weight excluding hydrogens is 229 g/mol. The van der Waals surface area contributed by atoms with Crippen LogP contribution >= 0.6 is 11.6 Å². The van der Waals surface area contributed by atoms with E-state index in [9.17, 15) is 12.8 Å². The van der Waals surface area contributed by atoms with Crippen molar-refractivity contribution in [2.75, 3.05) is 9.93 Å². The minimum Gasteiger partial charge on any atom is -0.279 e. The summed E-state index contributed by atoms with van der Waals surface area (Å²) >= 11 is 5.17. The van der Waals surface area contributed by atoms with Gasteiger partial charge >= 0.3 is 0 Å². The van der Waals surface area contributed by atoms with Gasteiger partial charge in [-0.15, -0.1) is 11.6 Å². The highest BCUT2D eigenvalue weighted by atomic mass is 35.5. The van der Waals surface area contributed by atoms with Crippen LogP contribution in [0.1, 0.15) is 5.56 Å². The van der Waals surface area contributed by atoms with Gasteiger partial charge in [0.1, 0.15) is 11.0 Å². The average molecular weight is 238 g/mol. The second-order valence-electron chi connectivity index (χ2n) is 2.76. The summed E-state index contributed by atoms with van der Waals surface area (Å²) in [6.07, 6.45) is 0. The van der Waals surface area contributed by atoms with Gasteiger partial charge in [-0.25, -0.2) is 12.8 Å². The standard InChI is InChI=1S/C8H9ClFNO2S/c1-6-3-2-4-7(10)8(6)11-14(12,13)5-9/h2-4,11H,5H2,1H3. The molecule has 1 aromatic carbocycles. The highest BCUT2D eigenvalue weighted by Gasteiger charge is 2.12. The van der Waals surface area contributed by atoms with Crippen molar-refractivity contribution in [3.05, 3.63) is 29.6 Å². The number of benzene rings is 1. The van der Waals surface area contributed by atoms with Crippen LogP contribution in [0.25, 0.3) is 0 Å². The topological polar surface area (TPSA) is 46.2 Å². The molecule has 3 nitrogen and oxygen atoms in total. The Labute approximate surface area is 86.9 Å². The number of sulfonamides is 1.